The minimum absolute atomic E-state index is 0.0637. The molecule has 1 aromatic heterocycles. The topological polar surface area (TPSA) is 71.3 Å². The Labute approximate surface area is 187 Å². The van der Waals surface area contributed by atoms with E-state index >= 15 is 0 Å². The summed E-state index contributed by atoms with van der Waals surface area (Å²) in [5.74, 6) is 1.18. The number of aromatic nitrogens is 2. The standard InChI is InChI=1S/C26H26N4O2/c1-18-11-13-20(14-12-18)26-28-24(29-32-26)17-30-15-5-8-21(16-30)25(31)27-23-10-4-7-19-6-2-3-9-22(19)23/h2-4,6-7,9-14,21H,5,8,15-17H2,1H3,(H,27,31). The maximum Gasteiger partial charge on any atom is 0.257 e. The zero-order chi connectivity index (χ0) is 21.9. The number of likely N-dealkylation sites (tertiary alicyclic amines) is 1. The van der Waals surface area contributed by atoms with Crippen molar-refractivity contribution in [3.05, 3.63) is 78.1 Å². The smallest absolute Gasteiger partial charge is 0.257 e. The second kappa shape index (κ2) is 8.93. The zero-order valence-electron chi connectivity index (χ0n) is 18.1. The maximum absolute atomic E-state index is 13.0. The van der Waals surface area contributed by atoms with Crippen LogP contribution in [0.15, 0.2) is 71.3 Å². The first-order valence-corrected chi connectivity index (χ1v) is 11.1. The second-order valence-electron chi connectivity index (χ2n) is 8.47. The third kappa shape index (κ3) is 4.41. The van der Waals surface area contributed by atoms with E-state index in [1.807, 2.05) is 61.5 Å². The van der Waals surface area contributed by atoms with Crippen LogP contribution in [0, 0.1) is 12.8 Å². The van der Waals surface area contributed by atoms with Gasteiger partial charge in [0.2, 0.25) is 5.91 Å². The minimum atomic E-state index is -0.0637. The number of nitrogens with one attached hydrogen (secondary N) is 1. The third-order valence-electron chi connectivity index (χ3n) is 6.06. The number of piperidine rings is 1. The average molecular weight is 427 g/mol. The molecule has 5 rings (SSSR count). The van der Waals surface area contributed by atoms with Crippen molar-refractivity contribution in [3.8, 4) is 11.5 Å². The molecule has 6 heteroatoms. The van der Waals surface area contributed by atoms with Crippen LogP contribution in [0.4, 0.5) is 5.69 Å². The molecule has 0 aliphatic carbocycles. The molecule has 3 aromatic carbocycles. The van der Waals surface area contributed by atoms with Gasteiger partial charge < -0.3 is 9.84 Å². The van der Waals surface area contributed by atoms with Crippen molar-refractivity contribution in [2.24, 2.45) is 5.92 Å². The highest BCUT2D eigenvalue weighted by Crippen LogP contribution is 2.26. The van der Waals surface area contributed by atoms with Gasteiger partial charge in [-0.2, -0.15) is 4.98 Å². The molecule has 1 N–H and O–H groups in total. The molecule has 162 valence electrons. The van der Waals surface area contributed by atoms with Crippen molar-refractivity contribution in [3.63, 3.8) is 0 Å². The van der Waals surface area contributed by atoms with Gasteiger partial charge >= 0.3 is 0 Å². The van der Waals surface area contributed by atoms with E-state index < -0.39 is 0 Å². The maximum atomic E-state index is 13.0. The lowest BCUT2D eigenvalue weighted by Gasteiger charge is -2.31. The first-order chi connectivity index (χ1) is 15.7. The van der Waals surface area contributed by atoms with Crippen LogP contribution in [0.5, 0.6) is 0 Å². The van der Waals surface area contributed by atoms with E-state index in [0.29, 0.717) is 24.8 Å². The summed E-state index contributed by atoms with van der Waals surface area (Å²) in [4.78, 5) is 19.8. The molecule has 1 unspecified atom stereocenters. The number of fused-ring (bicyclic) bond motifs is 1. The minimum Gasteiger partial charge on any atom is -0.334 e. The molecule has 6 nitrogen and oxygen atoms in total. The van der Waals surface area contributed by atoms with E-state index in [4.69, 9.17) is 4.52 Å². The molecule has 32 heavy (non-hydrogen) atoms. The number of hydrogen-bond donors (Lipinski definition) is 1. The van der Waals surface area contributed by atoms with Crippen molar-refractivity contribution in [1.82, 2.24) is 15.0 Å². The molecule has 1 aliphatic heterocycles. The SMILES string of the molecule is Cc1ccc(-c2nc(CN3CCCC(C(=O)Nc4cccc5ccccc45)C3)no2)cc1. The Hall–Kier alpha value is -3.51. The fourth-order valence-electron chi connectivity index (χ4n) is 4.31. The van der Waals surface area contributed by atoms with Crippen LogP contribution < -0.4 is 5.32 Å². The van der Waals surface area contributed by atoms with Crippen molar-refractivity contribution >= 4 is 22.4 Å². The van der Waals surface area contributed by atoms with E-state index in [1.165, 1.54) is 5.56 Å². The fraction of sp³-hybridized carbons (Fsp3) is 0.269. The predicted octanol–water partition coefficient (Wildman–Crippen LogP) is 5.05. The number of carbonyl (C=O) groups is 1. The number of nitrogens with zero attached hydrogens (tertiary/aromatic N) is 3. The van der Waals surface area contributed by atoms with E-state index in [1.54, 1.807) is 0 Å². The first-order valence-electron chi connectivity index (χ1n) is 11.1. The van der Waals surface area contributed by atoms with Crippen LogP contribution in [0.1, 0.15) is 24.2 Å². The Bertz CT molecular complexity index is 1230. The van der Waals surface area contributed by atoms with Gasteiger partial charge in [0.05, 0.1) is 12.5 Å². The lowest BCUT2D eigenvalue weighted by atomic mass is 9.96. The highest BCUT2D eigenvalue weighted by Gasteiger charge is 2.27. The number of benzene rings is 3. The largest absolute Gasteiger partial charge is 0.334 e. The summed E-state index contributed by atoms with van der Waals surface area (Å²) >= 11 is 0. The zero-order valence-corrected chi connectivity index (χ0v) is 18.1. The molecular formula is C26H26N4O2. The van der Waals surface area contributed by atoms with Gasteiger partial charge in [0, 0.05) is 23.2 Å². The van der Waals surface area contributed by atoms with Crippen molar-refractivity contribution in [1.29, 1.82) is 0 Å². The molecule has 0 spiro atoms. The van der Waals surface area contributed by atoms with Gasteiger partial charge in [-0.1, -0.05) is 59.3 Å². The summed E-state index contributed by atoms with van der Waals surface area (Å²) in [7, 11) is 0. The number of hydrogen-bond acceptors (Lipinski definition) is 5. The Morgan fingerprint density at radius 1 is 1.09 bits per heavy atom. The molecule has 2 heterocycles. The van der Waals surface area contributed by atoms with Gasteiger partial charge in [0.15, 0.2) is 5.82 Å². The quantitative estimate of drug-likeness (QED) is 0.484. The monoisotopic (exact) mass is 426 g/mol. The summed E-state index contributed by atoms with van der Waals surface area (Å²) < 4.78 is 5.46. The van der Waals surface area contributed by atoms with Gasteiger partial charge in [-0.05, 0) is 49.9 Å². The number of anilines is 1. The summed E-state index contributed by atoms with van der Waals surface area (Å²) in [6, 6.07) is 22.1. The van der Waals surface area contributed by atoms with E-state index in [9.17, 15) is 4.79 Å². The highest BCUT2D eigenvalue weighted by atomic mass is 16.5. The molecule has 1 saturated heterocycles. The number of aryl methyl sites for hydroxylation is 1. The van der Waals surface area contributed by atoms with Crippen molar-refractivity contribution in [2.75, 3.05) is 18.4 Å². The molecule has 1 amide bonds. The fourth-order valence-corrected chi connectivity index (χ4v) is 4.31. The Morgan fingerprint density at radius 2 is 1.91 bits per heavy atom. The number of rotatable bonds is 5. The van der Waals surface area contributed by atoms with Gasteiger partial charge in [-0.15, -0.1) is 0 Å². The predicted molar refractivity (Wildman–Crippen MR) is 125 cm³/mol. The van der Waals surface area contributed by atoms with Crippen LogP contribution >= 0.6 is 0 Å². The van der Waals surface area contributed by atoms with Gasteiger partial charge in [0.25, 0.3) is 5.89 Å². The number of amides is 1. The van der Waals surface area contributed by atoms with Gasteiger partial charge in [0.1, 0.15) is 0 Å². The summed E-state index contributed by atoms with van der Waals surface area (Å²) in [6.07, 6.45) is 1.85. The van der Waals surface area contributed by atoms with E-state index in [2.05, 4.69) is 32.5 Å². The number of carbonyl (C=O) groups excluding carboxylic acids is 1. The Balaban J connectivity index is 1.23. The molecule has 1 fully saturated rings. The summed E-state index contributed by atoms with van der Waals surface area (Å²) in [5, 5.41) is 9.49. The molecular weight excluding hydrogens is 400 g/mol. The lowest BCUT2D eigenvalue weighted by molar-refractivity contribution is -0.121. The highest BCUT2D eigenvalue weighted by molar-refractivity contribution is 6.02. The Kier molecular flexibility index (Phi) is 5.69. The van der Waals surface area contributed by atoms with E-state index in [0.717, 1.165) is 41.4 Å². The third-order valence-corrected chi connectivity index (χ3v) is 6.06. The molecule has 1 aliphatic rings. The lowest BCUT2D eigenvalue weighted by Crippen LogP contribution is -2.40. The molecule has 0 bridgehead atoms. The summed E-state index contributed by atoms with van der Waals surface area (Å²) in [5.41, 5.74) is 2.97. The van der Waals surface area contributed by atoms with Crippen molar-refractivity contribution in [2.45, 2.75) is 26.3 Å². The average Bonchev–Trinajstić information content (AvgIpc) is 3.28. The van der Waals surface area contributed by atoms with Crippen LogP contribution in [-0.4, -0.2) is 34.0 Å². The molecule has 0 radical (unpaired) electrons. The van der Waals surface area contributed by atoms with Crippen LogP contribution in [-0.2, 0) is 11.3 Å². The normalized spacial score (nSPS) is 16.8. The van der Waals surface area contributed by atoms with Crippen LogP contribution in [0.25, 0.3) is 22.2 Å². The molecule has 4 aromatic rings. The van der Waals surface area contributed by atoms with Crippen LogP contribution in [0.2, 0.25) is 0 Å². The molecule has 1 atom stereocenters. The van der Waals surface area contributed by atoms with Gasteiger partial charge in [-0.3, -0.25) is 9.69 Å². The van der Waals surface area contributed by atoms with Crippen LogP contribution in [0.3, 0.4) is 0 Å². The Morgan fingerprint density at radius 3 is 2.78 bits per heavy atom. The molecule has 0 saturated carbocycles. The first kappa shape index (κ1) is 20.4. The van der Waals surface area contributed by atoms with Crippen molar-refractivity contribution < 1.29 is 9.32 Å². The van der Waals surface area contributed by atoms with E-state index in [-0.39, 0.29) is 11.8 Å². The van der Waals surface area contributed by atoms with Gasteiger partial charge in [-0.25, -0.2) is 0 Å². The second-order valence-corrected chi connectivity index (χ2v) is 8.47. The summed E-state index contributed by atoms with van der Waals surface area (Å²) in [6.45, 7) is 4.23.